The minimum Gasteiger partial charge on any atom is -0.756 e. The molecule has 0 saturated heterocycles. The number of nitrogens with two attached hydrogens (primary N) is 1. The monoisotopic (exact) mass is 487 g/mol. The molecule has 21 heteroatoms. The fourth-order valence-electron chi connectivity index (χ4n) is 1.74. The molecule has 3 unspecified atom stereocenters. The molecule has 0 aliphatic rings. The van der Waals surface area contributed by atoms with Crippen LogP contribution in [0.4, 0.5) is 5.95 Å². The zero-order valence-electron chi connectivity index (χ0n) is 14.5. The van der Waals surface area contributed by atoms with Gasteiger partial charge in [-0.25, -0.2) is 18.4 Å². The van der Waals surface area contributed by atoms with Crippen LogP contribution < -0.4 is 45.7 Å². The van der Waals surface area contributed by atoms with Crippen molar-refractivity contribution in [2.24, 2.45) is 0 Å². The molecular formula is C8H13N5NaO12P3. The van der Waals surface area contributed by atoms with E-state index in [1.807, 2.05) is 0 Å². The molecule has 158 valence electrons. The Hall–Kier alpha value is -0.480. The zero-order valence-corrected chi connectivity index (χ0v) is 19.2. The van der Waals surface area contributed by atoms with Crippen LogP contribution in [0, 0.1) is 0 Å². The molecule has 3 atom stereocenters. The Balaban J connectivity index is 0.00000420. The molecule has 6 N–H and O–H groups in total. The molecule has 17 nitrogen and oxygen atoms in total. The van der Waals surface area contributed by atoms with E-state index in [1.54, 1.807) is 0 Å². The number of H-pyrrole nitrogens is 1. The van der Waals surface area contributed by atoms with Crippen molar-refractivity contribution in [3.8, 4) is 0 Å². The number of hydrogen-bond acceptors (Lipinski definition) is 12. The number of phosphoric ester groups is 1. The van der Waals surface area contributed by atoms with Gasteiger partial charge in [0.05, 0.1) is 19.5 Å². The van der Waals surface area contributed by atoms with E-state index in [0.29, 0.717) is 0 Å². The average Bonchev–Trinajstić information content (AvgIpc) is 2.86. The van der Waals surface area contributed by atoms with E-state index in [-0.39, 0.29) is 60.0 Å². The average molecular weight is 487 g/mol. The van der Waals surface area contributed by atoms with Gasteiger partial charge in [-0.05, 0) is 0 Å². The number of imidazole rings is 1. The van der Waals surface area contributed by atoms with Crippen LogP contribution in [0.25, 0.3) is 11.2 Å². The first-order valence-electron chi connectivity index (χ1n) is 6.83. The van der Waals surface area contributed by atoms with E-state index in [2.05, 4.69) is 28.1 Å². The van der Waals surface area contributed by atoms with Gasteiger partial charge in [0, 0.05) is 0 Å². The second kappa shape index (κ2) is 10.2. The summed E-state index contributed by atoms with van der Waals surface area (Å²) in [5.41, 5.74) is 4.97. The Kier molecular flexibility index (Phi) is 9.36. The van der Waals surface area contributed by atoms with Crippen LogP contribution >= 0.6 is 23.5 Å². The summed E-state index contributed by atoms with van der Waals surface area (Å²) in [6.07, 6.45) is 1.22. The second-order valence-corrected chi connectivity index (χ2v) is 9.15. The van der Waals surface area contributed by atoms with Crippen molar-refractivity contribution in [3.05, 3.63) is 16.7 Å². The normalized spacial score (nSPS) is 17.8. The van der Waals surface area contributed by atoms with Crippen LogP contribution in [0.2, 0.25) is 0 Å². The third kappa shape index (κ3) is 8.65. The van der Waals surface area contributed by atoms with Gasteiger partial charge in [0.2, 0.25) is 5.95 Å². The molecule has 0 spiro atoms. The topological polar surface area (TPSA) is 261 Å². The number of ether oxygens (including phenoxy) is 1. The van der Waals surface area contributed by atoms with Gasteiger partial charge in [-0.3, -0.25) is 23.4 Å². The maximum absolute atomic E-state index is 11.6. The first kappa shape index (κ1) is 26.6. The number of phosphoric acid groups is 3. The van der Waals surface area contributed by atoms with Gasteiger partial charge in [-0.2, -0.15) is 9.29 Å². The predicted molar refractivity (Wildman–Crippen MR) is 86.1 cm³/mol. The zero-order chi connectivity index (χ0) is 21.2. The molecule has 2 rings (SSSR count). The molecule has 0 fully saturated rings. The predicted octanol–water partition coefficient (Wildman–Crippen LogP) is -4.61. The smallest absolute Gasteiger partial charge is 0.756 e. The molecule has 2 aromatic rings. The van der Waals surface area contributed by atoms with E-state index < -0.39 is 35.6 Å². The standard InChI is InChI=1S/C8H14N5O12P3.Na/c9-8-11-6-5(7(14)12-8)10-3-13(6)4-22-1-2-23-27(18,19)25-28(20,21)24-26(15,16)17;/h3H,1-2,4H2,(H,18,19)(H,20,21)(H2,15,16,17)(H3,9,11,12,14);/q;+1/p-1. The van der Waals surface area contributed by atoms with Crippen molar-refractivity contribution >= 4 is 40.6 Å². The van der Waals surface area contributed by atoms with Crippen molar-refractivity contribution in [2.45, 2.75) is 6.73 Å². The van der Waals surface area contributed by atoms with Crippen LogP contribution in [0.1, 0.15) is 0 Å². The molecule has 29 heavy (non-hydrogen) atoms. The van der Waals surface area contributed by atoms with Crippen molar-refractivity contribution in [1.29, 1.82) is 0 Å². The molecule has 0 radical (unpaired) electrons. The minimum atomic E-state index is -5.71. The fraction of sp³-hybridized carbons (Fsp3) is 0.375. The summed E-state index contributed by atoms with van der Waals surface area (Å²) in [5.74, 6) is -0.151. The number of aromatic nitrogens is 4. The number of aromatic amines is 1. The quantitative estimate of drug-likeness (QED) is 0.120. The Morgan fingerprint density at radius 1 is 1.17 bits per heavy atom. The van der Waals surface area contributed by atoms with E-state index in [9.17, 15) is 28.3 Å². The first-order valence-corrected chi connectivity index (χ1v) is 11.3. The number of anilines is 1. The second-order valence-electron chi connectivity index (χ2n) is 4.78. The maximum atomic E-state index is 11.6. The largest absolute Gasteiger partial charge is 1.00 e. The molecule has 0 aliphatic carbocycles. The third-order valence-corrected chi connectivity index (χ3v) is 6.43. The fourth-order valence-corrected chi connectivity index (χ4v) is 4.71. The van der Waals surface area contributed by atoms with Crippen molar-refractivity contribution < 1.29 is 80.7 Å². The van der Waals surface area contributed by atoms with Crippen molar-refractivity contribution in [3.63, 3.8) is 0 Å². The minimum absolute atomic E-state index is 0. The molecule has 0 aliphatic heterocycles. The van der Waals surface area contributed by atoms with Crippen LogP contribution in [-0.4, -0.2) is 47.4 Å². The molecular weight excluding hydrogens is 474 g/mol. The Bertz CT molecular complexity index is 1050. The summed E-state index contributed by atoms with van der Waals surface area (Å²) in [7, 11) is -16.6. The van der Waals surface area contributed by atoms with Gasteiger partial charge in [0.25, 0.3) is 13.4 Å². The Morgan fingerprint density at radius 2 is 1.83 bits per heavy atom. The molecule has 0 saturated carbocycles. The Morgan fingerprint density at radius 3 is 2.45 bits per heavy atom. The van der Waals surface area contributed by atoms with E-state index in [0.717, 1.165) is 0 Å². The summed E-state index contributed by atoms with van der Waals surface area (Å²) < 4.78 is 50.5. The van der Waals surface area contributed by atoms with E-state index in [1.165, 1.54) is 10.9 Å². The number of fused-ring (bicyclic) bond motifs is 1. The van der Waals surface area contributed by atoms with E-state index in [4.69, 9.17) is 20.3 Å². The SMILES string of the molecule is Nc1nc2c(ncn2COCCOP(=O)(O)OP(=O)(O)OP(=O)([O-])O)c(=O)[nH]1.[Na+]. The number of nitrogens with one attached hydrogen (secondary N) is 1. The van der Waals surface area contributed by atoms with Gasteiger partial charge in [-0.15, -0.1) is 0 Å². The van der Waals surface area contributed by atoms with Gasteiger partial charge in [0.1, 0.15) is 6.73 Å². The molecule has 2 aromatic heterocycles. The summed E-state index contributed by atoms with van der Waals surface area (Å²) >= 11 is 0. The van der Waals surface area contributed by atoms with Crippen molar-refractivity contribution in [1.82, 2.24) is 19.5 Å². The van der Waals surface area contributed by atoms with Crippen LogP contribution in [0.15, 0.2) is 11.1 Å². The van der Waals surface area contributed by atoms with Gasteiger partial charge < -0.3 is 30.0 Å². The summed E-state index contributed by atoms with van der Waals surface area (Å²) in [5, 5.41) is 0. The van der Waals surface area contributed by atoms with Crippen LogP contribution in [0.3, 0.4) is 0 Å². The van der Waals surface area contributed by atoms with Gasteiger partial charge in [0.15, 0.2) is 11.2 Å². The van der Waals surface area contributed by atoms with Crippen LogP contribution in [0.5, 0.6) is 0 Å². The summed E-state index contributed by atoms with van der Waals surface area (Å²) in [6, 6.07) is 0. The van der Waals surface area contributed by atoms with Crippen LogP contribution in [-0.2, 0) is 38.3 Å². The molecule has 0 aromatic carbocycles. The third-order valence-electron chi connectivity index (χ3n) is 2.62. The maximum Gasteiger partial charge on any atom is 1.00 e. The number of hydrogen-bond donors (Lipinski definition) is 5. The Labute approximate surface area is 182 Å². The number of nitrogen functional groups attached to an aromatic ring is 1. The van der Waals surface area contributed by atoms with Gasteiger partial charge in [-0.1, -0.05) is 0 Å². The first-order chi connectivity index (χ1) is 12.8. The number of rotatable bonds is 10. The van der Waals surface area contributed by atoms with Crippen molar-refractivity contribution in [2.75, 3.05) is 18.9 Å². The van der Waals surface area contributed by atoms with Gasteiger partial charge >= 0.3 is 45.2 Å². The molecule has 2 heterocycles. The van der Waals surface area contributed by atoms with E-state index >= 15 is 0 Å². The summed E-state index contributed by atoms with van der Waals surface area (Å²) in [4.78, 5) is 58.3. The molecule has 0 bridgehead atoms. The molecule has 0 amide bonds. The summed E-state index contributed by atoms with van der Waals surface area (Å²) in [6.45, 7) is -1.23. The number of nitrogens with zero attached hydrogens (tertiary/aromatic N) is 3.